The maximum atomic E-state index is 13.4. The highest BCUT2D eigenvalue weighted by atomic mass is 19.4. The summed E-state index contributed by atoms with van der Waals surface area (Å²) in [6.07, 6.45) is -0.499. The van der Waals surface area contributed by atoms with Gasteiger partial charge in [-0.15, -0.1) is 0 Å². The Morgan fingerprint density at radius 1 is 1.23 bits per heavy atom. The van der Waals surface area contributed by atoms with Crippen LogP contribution in [0.5, 0.6) is 5.88 Å². The summed E-state index contributed by atoms with van der Waals surface area (Å²) in [6.45, 7) is 4.01. The van der Waals surface area contributed by atoms with Crippen LogP contribution >= 0.6 is 0 Å². The van der Waals surface area contributed by atoms with Gasteiger partial charge in [-0.2, -0.15) is 18.3 Å². The maximum absolute atomic E-state index is 13.4. The first-order valence-electron chi connectivity index (χ1n) is 10.6. The van der Waals surface area contributed by atoms with Gasteiger partial charge in [-0.3, -0.25) is 19.2 Å². The average Bonchev–Trinajstić information content (AvgIpc) is 3.30. The lowest BCUT2D eigenvalue weighted by molar-refractivity contribution is -0.142. The van der Waals surface area contributed by atoms with E-state index in [9.17, 15) is 22.8 Å². The van der Waals surface area contributed by atoms with Crippen molar-refractivity contribution in [1.82, 2.24) is 25.1 Å². The van der Waals surface area contributed by atoms with Crippen molar-refractivity contribution < 1.29 is 27.5 Å². The number of nitrogens with zero attached hydrogens (tertiary/aromatic N) is 5. The molecule has 0 fully saturated rings. The normalized spacial score (nSPS) is 14.7. The van der Waals surface area contributed by atoms with E-state index in [2.05, 4.69) is 15.4 Å². The number of hydrogen-bond donors (Lipinski definition) is 1. The Bertz CT molecular complexity index is 1330. The molecule has 3 aromatic heterocycles. The van der Waals surface area contributed by atoms with Crippen LogP contribution in [-0.2, 0) is 12.1 Å². The van der Waals surface area contributed by atoms with Crippen molar-refractivity contribution >= 4 is 17.5 Å². The highest BCUT2D eigenvalue weighted by Gasteiger charge is 2.47. The zero-order valence-electron chi connectivity index (χ0n) is 19.7. The molecule has 1 aliphatic rings. The maximum Gasteiger partial charge on any atom is 0.408 e. The first kappa shape index (κ1) is 24.2. The van der Waals surface area contributed by atoms with Crippen molar-refractivity contribution in [2.45, 2.75) is 39.0 Å². The summed E-state index contributed by atoms with van der Waals surface area (Å²) in [6, 6.07) is 3.31. The summed E-state index contributed by atoms with van der Waals surface area (Å²) in [5, 5.41) is 6.31. The number of ether oxygens (including phenoxy) is 1. The van der Waals surface area contributed by atoms with Gasteiger partial charge >= 0.3 is 6.18 Å². The second-order valence-corrected chi connectivity index (χ2v) is 8.62. The predicted molar refractivity (Wildman–Crippen MR) is 120 cm³/mol. The number of anilines is 1. The van der Waals surface area contributed by atoms with Gasteiger partial charge in [0.1, 0.15) is 12.1 Å². The van der Waals surface area contributed by atoms with Crippen LogP contribution in [0.3, 0.4) is 0 Å². The Morgan fingerprint density at radius 3 is 2.57 bits per heavy atom. The van der Waals surface area contributed by atoms with E-state index in [0.717, 1.165) is 4.68 Å². The summed E-state index contributed by atoms with van der Waals surface area (Å²) in [7, 11) is 2.90. The Labute approximate surface area is 198 Å². The first-order chi connectivity index (χ1) is 16.4. The topological polar surface area (TPSA) is 102 Å². The van der Waals surface area contributed by atoms with Crippen LogP contribution in [0.1, 0.15) is 45.8 Å². The number of amides is 2. The largest absolute Gasteiger partial charge is 0.480 e. The predicted octanol–water partition coefficient (Wildman–Crippen LogP) is 3.47. The fourth-order valence-electron chi connectivity index (χ4n) is 4.24. The van der Waals surface area contributed by atoms with E-state index in [-0.39, 0.29) is 28.9 Å². The minimum atomic E-state index is -4.44. The second-order valence-electron chi connectivity index (χ2n) is 8.62. The zero-order chi connectivity index (χ0) is 25.7. The third-order valence-electron chi connectivity index (χ3n) is 5.80. The third kappa shape index (κ3) is 4.19. The second kappa shape index (κ2) is 8.36. The van der Waals surface area contributed by atoms with Gasteiger partial charge in [0, 0.05) is 25.0 Å². The summed E-state index contributed by atoms with van der Waals surface area (Å²) in [5.74, 6) is -0.609. The lowest BCUT2D eigenvalue weighted by Gasteiger charge is -2.30. The van der Waals surface area contributed by atoms with Crippen LogP contribution in [0.25, 0.3) is 11.3 Å². The van der Waals surface area contributed by atoms with Crippen molar-refractivity contribution in [2.75, 3.05) is 19.1 Å². The number of alkyl halides is 3. The SMILES string of the molecule is CNC(=O)c1cc(-c2cc(C)c3c(n2)C(C)(C)N(c2cnn(CC(F)(F)F)c2)C3=O)cnc1OC. The van der Waals surface area contributed by atoms with Crippen molar-refractivity contribution in [1.29, 1.82) is 0 Å². The van der Waals surface area contributed by atoms with Gasteiger partial charge < -0.3 is 10.1 Å². The molecule has 0 aromatic carbocycles. The fourth-order valence-corrected chi connectivity index (χ4v) is 4.24. The molecule has 0 saturated carbocycles. The highest BCUT2D eigenvalue weighted by molar-refractivity contribution is 6.12. The molecule has 9 nitrogen and oxygen atoms in total. The molecule has 4 heterocycles. The van der Waals surface area contributed by atoms with Crippen molar-refractivity contribution in [2.24, 2.45) is 0 Å². The van der Waals surface area contributed by atoms with Gasteiger partial charge in [0.2, 0.25) is 5.88 Å². The zero-order valence-corrected chi connectivity index (χ0v) is 19.7. The van der Waals surface area contributed by atoms with Crippen molar-refractivity contribution in [3.8, 4) is 17.1 Å². The lowest BCUT2D eigenvalue weighted by atomic mass is 9.96. The van der Waals surface area contributed by atoms with Crippen LogP contribution in [0.2, 0.25) is 0 Å². The van der Waals surface area contributed by atoms with Crippen LogP contribution in [0.15, 0.2) is 30.7 Å². The molecule has 0 saturated heterocycles. The Balaban J connectivity index is 1.78. The average molecular weight is 488 g/mol. The van der Waals surface area contributed by atoms with E-state index in [0.29, 0.717) is 28.1 Å². The van der Waals surface area contributed by atoms with Crippen molar-refractivity contribution in [3.05, 3.63) is 53.1 Å². The number of nitrogens with one attached hydrogen (secondary N) is 1. The number of rotatable bonds is 5. The van der Waals surface area contributed by atoms with Gasteiger partial charge in [0.05, 0.1) is 41.5 Å². The number of carbonyl (C=O) groups is 2. The number of fused-ring (bicyclic) bond motifs is 1. The third-order valence-corrected chi connectivity index (χ3v) is 5.80. The molecule has 0 atom stereocenters. The van der Waals surface area contributed by atoms with E-state index in [4.69, 9.17) is 9.72 Å². The lowest BCUT2D eigenvalue weighted by Crippen LogP contribution is -2.39. The molecule has 184 valence electrons. The first-order valence-corrected chi connectivity index (χ1v) is 10.6. The summed E-state index contributed by atoms with van der Waals surface area (Å²) in [4.78, 5) is 36.0. The van der Waals surface area contributed by atoms with Crippen molar-refractivity contribution in [3.63, 3.8) is 0 Å². The van der Waals surface area contributed by atoms with E-state index < -0.39 is 18.3 Å². The summed E-state index contributed by atoms with van der Waals surface area (Å²) < 4.78 is 44.3. The molecule has 4 rings (SSSR count). The minimum absolute atomic E-state index is 0.156. The molecule has 1 N–H and O–H groups in total. The number of pyridine rings is 2. The molecule has 12 heteroatoms. The van der Waals surface area contributed by atoms with Gasteiger partial charge in [-0.1, -0.05) is 0 Å². The molecule has 0 unspecified atom stereocenters. The van der Waals surface area contributed by atoms with Crippen LogP contribution in [-0.4, -0.2) is 51.9 Å². The molecule has 0 spiro atoms. The molecule has 2 amide bonds. The van der Waals surface area contributed by atoms with Crippen LogP contribution in [0, 0.1) is 6.92 Å². The Hall–Kier alpha value is -3.96. The number of methoxy groups -OCH3 is 1. The number of carbonyl (C=O) groups excluding carboxylic acids is 2. The molecule has 3 aromatic rings. The van der Waals surface area contributed by atoms with Gasteiger partial charge in [-0.05, 0) is 38.5 Å². The van der Waals surface area contributed by atoms with Gasteiger partial charge in [-0.25, -0.2) is 9.97 Å². The minimum Gasteiger partial charge on any atom is -0.480 e. The number of aryl methyl sites for hydroxylation is 1. The van der Waals surface area contributed by atoms with Crippen LogP contribution in [0.4, 0.5) is 18.9 Å². The van der Waals surface area contributed by atoms with E-state index in [1.165, 1.54) is 37.6 Å². The molecule has 0 bridgehead atoms. The fraction of sp³-hybridized carbons (Fsp3) is 0.348. The molecule has 0 aliphatic carbocycles. The molecular weight excluding hydrogens is 465 g/mol. The highest BCUT2D eigenvalue weighted by Crippen LogP contribution is 2.43. The van der Waals surface area contributed by atoms with Crippen LogP contribution < -0.4 is 15.0 Å². The van der Waals surface area contributed by atoms with E-state index in [1.54, 1.807) is 32.9 Å². The van der Waals surface area contributed by atoms with Gasteiger partial charge in [0.25, 0.3) is 11.8 Å². The summed E-state index contributed by atoms with van der Waals surface area (Å²) >= 11 is 0. The molecule has 35 heavy (non-hydrogen) atoms. The number of halogens is 3. The standard InChI is InChI=1S/C23H23F3N6O3/c1-12-6-16(13-7-15(19(33)27-4)20(35-5)28-8-13)30-18-17(12)21(34)32(22(18,2)3)14-9-29-31(10-14)11-23(24,25)26/h6-10H,11H2,1-5H3,(H,27,33). The molecular formula is C23H23F3N6O3. The Morgan fingerprint density at radius 2 is 1.94 bits per heavy atom. The monoisotopic (exact) mass is 488 g/mol. The quantitative estimate of drug-likeness (QED) is 0.590. The number of hydrogen-bond acceptors (Lipinski definition) is 6. The Kier molecular flexibility index (Phi) is 5.78. The van der Waals surface area contributed by atoms with Gasteiger partial charge in [0.15, 0.2) is 0 Å². The van der Waals surface area contributed by atoms with E-state index >= 15 is 0 Å². The summed E-state index contributed by atoms with van der Waals surface area (Å²) in [5.41, 5.74) is 1.95. The molecule has 0 radical (unpaired) electrons. The van der Waals surface area contributed by atoms with E-state index in [1.807, 2.05) is 0 Å². The molecule has 1 aliphatic heterocycles. The number of aromatic nitrogens is 4. The smallest absolute Gasteiger partial charge is 0.408 e.